The molecule has 28 heavy (non-hydrogen) atoms. The van der Waals surface area contributed by atoms with Crippen LogP contribution in [0.4, 0.5) is 4.39 Å². The van der Waals surface area contributed by atoms with E-state index in [9.17, 15) is 14.0 Å². The molecule has 0 bridgehead atoms. The zero-order chi connectivity index (χ0) is 19.5. The maximum atomic E-state index is 13.0. The van der Waals surface area contributed by atoms with E-state index in [-0.39, 0.29) is 17.9 Å². The molecule has 1 aromatic carbocycles. The zero-order valence-electron chi connectivity index (χ0n) is 15.9. The molecule has 1 aliphatic carbocycles. The van der Waals surface area contributed by atoms with Crippen molar-refractivity contribution in [3.8, 4) is 0 Å². The first-order valence-corrected chi connectivity index (χ1v) is 10.2. The molecule has 152 valence electrons. The maximum absolute atomic E-state index is 13.0. The highest BCUT2D eigenvalue weighted by Gasteiger charge is 2.35. The van der Waals surface area contributed by atoms with Crippen molar-refractivity contribution in [3.05, 3.63) is 35.6 Å². The van der Waals surface area contributed by atoms with Crippen LogP contribution in [0.5, 0.6) is 0 Å². The summed E-state index contributed by atoms with van der Waals surface area (Å²) in [5, 5.41) is 2.92. The summed E-state index contributed by atoms with van der Waals surface area (Å²) in [6, 6.07) is 7.29. The van der Waals surface area contributed by atoms with Gasteiger partial charge in [0, 0.05) is 31.2 Å². The van der Waals surface area contributed by atoms with Gasteiger partial charge in [-0.3, -0.25) is 9.59 Å². The Balaban J connectivity index is 1.22. The number of halogens is 1. The van der Waals surface area contributed by atoms with Gasteiger partial charge in [-0.2, -0.15) is 5.53 Å². The summed E-state index contributed by atoms with van der Waals surface area (Å²) in [6.45, 7) is 1.20. The van der Waals surface area contributed by atoms with Crippen LogP contribution in [-0.2, 0) is 16.0 Å². The monoisotopic (exact) mass is 389 g/mol. The lowest BCUT2D eigenvalue weighted by Gasteiger charge is -2.33. The van der Waals surface area contributed by atoms with Crippen molar-refractivity contribution < 1.29 is 14.0 Å². The predicted molar refractivity (Wildman–Crippen MR) is 102 cm³/mol. The standard InChI is InChI=1S/C20H28FN5O2/c21-15-3-1-13(2-4-15)11-14-7-9-26(10-8-14)20(28)19(27)22-16-5-6-17-18(12-16)24-25-23-17/h1-4,14,16-18,23-25H,5-12H2,(H,22,27). The topological polar surface area (TPSA) is 85.5 Å². The molecule has 0 spiro atoms. The Bertz CT molecular complexity index is 705. The van der Waals surface area contributed by atoms with Gasteiger partial charge in [0.1, 0.15) is 5.82 Å². The number of hydrogen-bond acceptors (Lipinski definition) is 5. The minimum Gasteiger partial charge on any atom is -0.345 e. The van der Waals surface area contributed by atoms with E-state index >= 15 is 0 Å². The Morgan fingerprint density at radius 3 is 2.50 bits per heavy atom. The van der Waals surface area contributed by atoms with Crippen LogP contribution in [0, 0.1) is 11.7 Å². The first-order chi connectivity index (χ1) is 13.6. The van der Waals surface area contributed by atoms with Crippen LogP contribution in [0.15, 0.2) is 24.3 Å². The molecule has 2 heterocycles. The largest absolute Gasteiger partial charge is 0.345 e. The molecule has 1 aromatic rings. The number of hydrogen-bond donors (Lipinski definition) is 4. The number of nitrogens with one attached hydrogen (secondary N) is 4. The van der Waals surface area contributed by atoms with Crippen LogP contribution in [-0.4, -0.2) is 47.9 Å². The van der Waals surface area contributed by atoms with Gasteiger partial charge in [0.25, 0.3) is 0 Å². The van der Waals surface area contributed by atoms with Gasteiger partial charge in [-0.25, -0.2) is 15.2 Å². The molecule has 4 N–H and O–H groups in total. The Morgan fingerprint density at radius 2 is 1.75 bits per heavy atom. The number of carbonyl (C=O) groups is 2. The molecule has 8 heteroatoms. The molecule has 3 atom stereocenters. The molecular formula is C20H28FN5O2. The van der Waals surface area contributed by atoms with Gasteiger partial charge < -0.3 is 10.2 Å². The SMILES string of the molecule is O=C(NC1CCC2NNNC2C1)C(=O)N1CCC(Cc2ccc(F)cc2)CC1. The normalized spacial score (nSPS) is 28.0. The second-order valence-electron chi connectivity index (χ2n) is 8.18. The van der Waals surface area contributed by atoms with Crippen LogP contribution >= 0.6 is 0 Å². The molecule has 7 nitrogen and oxygen atoms in total. The van der Waals surface area contributed by atoms with E-state index in [1.807, 2.05) is 12.1 Å². The fourth-order valence-corrected chi connectivity index (χ4v) is 4.55. The second-order valence-corrected chi connectivity index (χ2v) is 8.18. The quantitative estimate of drug-likeness (QED) is 0.570. The van der Waals surface area contributed by atoms with Crippen molar-refractivity contribution in [1.82, 2.24) is 26.6 Å². The summed E-state index contributed by atoms with van der Waals surface area (Å²) in [4.78, 5) is 26.6. The molecule has 2 aliphatic heterocycles. The Labute approximate surface area is 164 Å². The third-order valence-corrected chi connectivity index (χ3v) is 6.23. The number of likely N-dealkylation sites (tertiary alicyclic amines) is 1. The maximum Gasteiger partial charge on any atom is 0.311 e. The molecule has 3 aliphatic rings. The lowest BCUT2D eigenvalue weighted by molar-refractivity contribution is -0.147. The van der Waals surface area contributed by atoms with Gasteiger partial charge in [0.2, 0.25) is 0 Å². The lowest BCUT2D eigenvalue weighted by atomic mass is 9.88. The zero-order valence-corrected chi connectivity index (χ0v) is 15.9. The summed E-state index contributed by atoms with van der Waals surface area (Å²) in [7, 11) is 0. The summed E-state index contributed by atoms with van der Waals surface area (Å²) < 4.78 is 13.0. The molecule has 3 unspecified atom stereocenters. The highest BCUT2D eigenvalue weighted by atomic mass is 19.1. The van der Waals surface area contributed by atoms with Crippen LogP contribution in [0.3, 0.4) is 0 Å². The van der Waals surface area contributed by atoms with E-state index in [4.69, 9.17) is 0 Å². The number of rotatable bonds is 3. The van der Waals surface area contributed by atoms with Crippen molar-refractivity contribution in [2.75, 3.05) is 13.1 Å². The minimum absolute atomic E-state index is 0.0305. The first kappa shape index (κ1) is 19.3. The fraction of sp³-hybridized carbons (Fsp3) is 0.600. The van der Waals surface area contributed by atoms with Gasteiger partial charge in [-0.1, -0.05) is 12.1 Å². The molecule has 4 rings (SSSR count). The van der Waals surface area contributed by atoms with Crippen LogP contribution in [0.2, 0.25) is 0 Å². The number of benzene rings is 1. The van der Waals surface area contributed by atoms with Crippen molar-refractivity contribution in [2.45, 2.75) is 56.7 Å². The van der Waals surface area contributed by atoms with Gasteiger partial charge in [0.05, 0.1) is 0 Å². The van der Waals surface area contributed by atoms with Crippen LogP contribution in [0.25, 0.3) is 0 Å². The number of amides is 2. The molecule has 3 fully saturated rings. The molecule has 0 aromatic heterocycles. The van der Waals surface area contributed by atoms with Gasteiger partial charge in [0.15, 0.2) is 0 Å². The van der Waals surface area contributed by atoms with E-state index in [2.05, 4.69) is 21.7 Å². The van der Waals surface area contributed by atoms with Crippen molar-refractivity contribution in [2.24, 2.45) is 5.92 Å². The van der Waals surface area contributed by atoms with Crippen molar-refractivity contribution in [1.29, 1.82) is 0 Å². The van der Waals surface area contributed by atoms with E-state index in [0.717, 1.165) is 44.1 Å². The van der Waals surface area contributed by atoms with E-state index in [0.29, 0.717) is 25.0 Å². The number of piperidine rings is 1. The van der Waals surface area contributed by atoms with E-state index in [1.54, 1.807) is 4.90 Å². The third-order valence-electron chi connectivity index (χ3n) is 6.23. The van der Waals surface area contributed by atoms with Crippen LogP contribution in [0.1, 0.15) is 37.7 Å². The van der Waals surface area contributed by atoms with Gasteiger partial charge in [-0.15, -0.1) is 0 Å². The Morgan fingerprint density at radius 1 is 1.04 bits per heavy atom. The fourth-order valence-electron chi connectivity index (χ4n) is 4.55. The Kier molecular flexibility index (Phi) is 5.89. The summed E-state index contributed by atoms with van der Waals surface area (Å²) >= 11 is 0. The molecule has 0 radical (unpaired) electrons. The molecule has 2 amide bonds. The first-order valence-electron chi connectivity index (χ1n) is 10.2. The van der Waals surface area contributed by atoms with E-state index < -0.39 is 11.8 Å². The molecule has 2 saturated heterocycles. The molecule has 1 saturated carbocycles. The second kappa shape index (κ2) is 8.55. The van der Waals surface area contributed by atoms with Gasteiger partial charge in [-0.05, 0) is 62.1 Å². The number of hydrazine groups is 2. The highest BCUT2D eigenvalue weighted by Crippen LogP contribution is 2.23. The van der Waals surface area contributed by atoms with E-state index in [1.165, 1.54) is 12.1 Å². The van der Waals surface area contributed by atoms with Gasteiger partial charge >= 0.3 is 11.8 Å². The van der Waals surface area contributed by atoms with Crippen LogP contribution < -0.4 is 21.7 Å². The number of carbonyl (C=O) groups excluding carboxylic acids is 2. The van der Waals surface area contributed by atoms with Crippen molar-refractivity contribution in [3.63, 3.8) is 0 Å². The minimum atomic E-state index is -0.487. The average molecular weight is 389 g/mol. The lowest BCUT2D eigenvalue weighted by Crippen LogP contribution is -2.52. The predicted octanol–water partition coefficient (Wildman–Crippen LogP) is 0.625. The molecular weight excluding hydrogens is 361 g/mol. The highest BCUT2D eigenvalue weighted by molar-refractivity contribution is 6.35. The Hall–Kier alpha value is -2.03. The smallest absolute Gasteiger partial charge is 0.311 e. The summed E-state index contributed by atoms with van der Waals surface area (Å²) in [5.74, 6) is -0.668. The summed E-state index contributed by atoms with van der Waals surface area (Å²) in [5.41, 5.74) is 10.4. The van der Waals surface area contributed by atoms with Crippen molar-refractivity contribution >= 4 is 11.8 Å². The summed E-state index contributed by atoms with van der Waals surface area (Å²) in [6.07, 6.45) is 5.25. The number of fused-ring (bicyclic) bond motifs is 1. The average Bonchev–Trinajstić information content (AvgIpc) is 3.17. The third kappa shape index (κ3) is 4.51. The number of nitrogens with zero attached hydrogens (tertiary/aromatic N) is 1.